The van der Waals surface area contributed by atoms with Gasteiger partial charge < -0.3 is 11.1 Å². The summed E-state index contributed by atoms with van der Waals surface area (Å²) in [5.41, 5.74) is 8.66. The van der Waals surface area contributed by atoms with E-state index < -0.39 is 0 Å². The summed E-state index contributed by atoms with van der Waals surface area (Å²) < 4.78 is 0. The molecule has 1 unspecified atom stereocenters. The first-order valence-electron chi connectivity index (χ1n) is 6.63. The Labute approximate surface area is 122 Å². The second-order valence-electron chi connectivity index (χ2n) is 4.86. The number of benzene rings is 2. The third-order valence-electron chi connectivity index (χ3n) is 3.38. The highest BCUT2D eigenvalue weighted by Gasteiger charge is 2.24. The number of thioether (sulfide) groups is 1. The average molecular weight is 284 g/mol. The third-order valence-corrected chi connectivity index (χ3v) is 4.64. The molecular weight excluding hydrogens is 268 g/mol. The third kappa shape index (κ3) is 2.80. The molecule has 20 heavy (non-hydrogen) atoms. The van der Waals surface area contributed by atoms with E-state index in [0.29, 0.717) is 0 Å². The number of nitrogens with one attached hydrogen (secondary N) is 1. The van der Waals surface area contributed by atoms with Crippen LogP contribution in [0.3, 0.4) is 0 Å². The van der Waals surface area contributed by atoms with Crippen LogP contribution >= 0.6 is 11.8 Å². The van der Waals surface area contributed by atoms with Crippen molar-refractivity contribution in [2.45, 2.75) is 23.0 Å². The van der Waals surface area contributed by atoms with Crippen LogP contribution in [-0.4, -0.2) is 11.2 Å². The van der Waals surface area contributed by atoms with Crippen molar-refractivity contribution in [3.05, 3.63) is 54.1 Å². The molecule has 4 heteroatoms. The molecule has 3 nitrogen and oxygen atoms in total. The van der Waals surface area contributed by atoms with Crippen molar-refractivity contribution in [2.24, 2.45) is 0 Å². The summed E-state index contributed by atoms with van der Waals surface area (Å²) in [6.07, 6.45) is 1.75. The molecule has 0 fully saturated rings. The Hall–Kier alpha value is -1.94. The zero-order valence-electron chi connectivity index (χ0n) is 11.0. The number of hydrogen-bond donors (Lipinski definition) is 2. The number of anilines is 2. The average Bonchev–Trinajstić information content (AvgIpc) is 2.59. The van der Waals surface area contributed by atoms with Gasteiger partial charge in [0.15, 0.2) is 0 Å². The first-order valence-corrected chi connectivity index (χ1v) is 7.51. The number of rotatable bonds is 2. The van der Waals surface area contributed by atoms with E-state index in [1.165, 1.54) is 5.56 Å². The van der Waals surface area contributed by atoms with Gasteiger partial charge in [0.05, 0.1) is 5.25 Å². The summed E-state index contributed by atoms with van der Waals surface area (Å²) in [7, 11) is 0. The molecule has 0 aromatic heterocycles. The highest BCUT2D eigenvalue weighted by molar-refractivity contribution is 8.00. The predicted molar refractivity (Wildman–Crippen MR) is 83.9 cm³/mol. The minimum absolute atomic E-state index is 0.0716. The monoisotopic (exact) mass is 284 g/mol. The summed E-state index contributed by atoms with van der Waals surface area (Å²) in [4.78, 5) is 13.3. The molecular formula is C16H16N2OS. The molecule has 1 aliphatic rings. The number of fused-ring (bicyclic) bond motifs is 1. The number of hydrogen-bond acceptors (Lipinski definition) is 3. The van der Waals surface area contributed by atoms with Crippen molar-refractivity contribution in [2.75, 3.05) is 11.1 Å². The number of nitrogens with two attached hydrogens (primary N) is 1. The van der Waals surface area contributed by atoms with Crippen LogP contribution in [0.1, 0.15) is 12.0 Å². The maximum absolute atomic E-state index is 12.3. The normalized spacial score (nSPS) is 18.0. The van der Waals surface area contributed by atoms with Gasteiger partial charge in [-0.25, -0.2) is 0 Å². The molecule has 1 heterocycles. The van der Waals surface area contributed by atoms with Crippen LogP contribution in [0.25, 0.3) is 0 Å². The van der Waals surface area contributed by atoms with Gasteiger partial charge in [0.2, 0.25) is 5.91 Å². The molecule has 2 aromatic carbocycles. The number of para-hydroxylation sites is 1. The Morgan fingerprint density at radius 3 is 2.85 bits per heavy atom. The molecule has 1 aliphatic heterocycles. The number of carbonyl (C=O) groups excluding carboxylic acids is 1. The van der Waals surface area contributed by atoms with E-state index in [-0.39, 0.29) is 11.2 Å². The standard InChI is InChI=1S/C16H16N2OS/c17-12-5-3-6-13(10-12)20-15-9-8-11-4-1-2-7-14(11)18-16(15)19/h1-7,10,15H,8-9,17H2,(H,18,19). The fourth-order valence-electron chi connectivity index (χ4n) is 2.36. The van der Waals surface area contributed by atoms with Crippen LogP contribution in [0.5, 0.6) is 0 Å². The lowest BCUT2D eigenvalue weighted by molar-refractivity contribution is -0.115. The van der Waals surface area contributed by atoms with Crippen LogP contribution in [0.2, 0.25) is 0 Å². The van der Waals surface area contributed by atoms with Crippen LogP contribution in [0.15, 0.2) is 53.4 Å². The molecule has 0 spiro atoms. The van der Waals surface area contributed by atoms with Gasteiger partial charge >= 0.3 is 0 Å². The number of carbonyl (C=O) groups is 1. The van der Waals surface area contributed by atoms with Crippen molar-refractivity contribution >= 4 is 29.0 Å². The first-order chi connectivity index (χ1) is 9.72. The number of nitrogen functional groups attached to an aromatic ring is 1. The van der Waals surface area contributed by atoms with Crippen LogP contribution in [0.4, 0.5) is 11.4 Å². The minimum atomic E-state index is -0.0794. The van der Waals surface area contributed by atoms with Crippen molar-refractivity contribution < 1.29 is 4.79 Å². The minimum Gasteiger partial charge on any atom is -0.399 e. The molecule has 3 rings (SSSR count). The van der Waals surface area contributed by atoms with E-state index in [4.69, 9.17) is 5.73 Å². The molecule has 3 N–H and O–H groups in total. The zero-order chi connectivity index (χ0) is 13.9. The van der Waals surface area contributed by atoms with E-state index in [1.807, 2.05) is 42.5 Å². The van der Waals surface area contributed by atoms with Gasteiger partial charge in [0.1, 0.15) is 0 Å². The summed E-state index contributed by atoms with van der Waals surface area (Å²) in [6, 6.07) is 15.7. The van der Waals surface area contributed by atoms with Gasteiger partial charge in [-0.1, -0.05) is 24.3 Å². The molecule has 0 radical (unpaired) electrons. The van der Waals surface area contributed by atoms with Gasteiger partial charge in [-0.2, -0.15) is 0 Å². The van der Waals surface area contributed by atoms with E-state index >= 15 is 0 Å². The molecule has 1 atom stereocenters. The molecule has 102 valence electrons. The maximum Gasteiger partial charge on any atom is 0.237 e. The first kappa shape index (κ1) is 13.1. The second kappa shape index (κ2) is 5.59. The Bertz CT molecular complexity index is 642. The smallest absolute Gasteiger partial charge is 0.237 e. The molecule has 0 saturated carbocycles. The highest BCUT2D eigenvalue weighted by Crippen LogP contribution is 2.32. The van der Waals surface area contributed by atoms with E-state index in [0.717, 1.165) is 29.1 Å². The van der Waals surface area contributed by atoms with Gasteiger partial charge in [-0.15, -0.1) is 11.8 Å². The van der Waals surface area contributed by atoms with E-state index in [2.05, 4.69) is 11.4 Å². The van der Waals surface area contributed by atoms with Gasteiger partial charge in [-0.3, -0.25) is 4.79 Å². The lowest BCUT2D eigenvalue weighted by atomic mass is 10.1. The Morgan fingerprint density at radius 2 is 2.00 bits per heavy atom. The van der Waals surface area contributed by atoms with Crippen molar-refractivity contribution in [3.63, 3.8) is 0 Å². The van der Waals surface area contributed by atoms with E-state index in [1.54, 1.807) is 11.8 Å². The van der Waals surface area contributed by atoms with Crippen molar-refractivity contribution in [1.82, 2.24) is 0 Å². The zero-order valence-corrected chi connectivity index (χ0v) is 11.8. The molecule has 0 bridgehead atoms. The quantitative estimate of drug-likeness (QED) is 0.832. The lowest BCUT2D eigenvalue weighted by Gasteiger charge is -2.13. The summed E-state index contributed by atoms with van der Waals surface area (Å²) in [5.74, 6) is 0.0716. The molecule has 0 saturated heterocycles. The number of aryl methyl sites for hydroxylation is 1. The van der Waals surface area contributed by atoms with Crippen LogP contribution in [-0.2, 0) is 11.2 Å². The van der Waals surface area contributed by atoms with E-state index in [9.17, 15) is 4.79 Å². The topological polar surface area (TPSA) is 55.1 Å². The molecule has 1 amide bonds. The van der Waals surface area contributed by atoms with Gasteiger partial charge in [0.25, 0.3) is 0 Å². The molecule has 0 aliphatic carbocycles. The second-order valence-corrected chi connectivity index (χ2v) is 6.14. The van der Waals surface area contributed by atoms with Crippen molar-refractivity contribution in [1.29, 1.82) is 0 Å². The van der Waals surface area contributed by atoms with Crippen LogP contribution < -0.4 is 11.1 Å². The Morgan fingerprint density at radius 1 is 1.15 bits per heavy atom. The number of amides is 1. The SMILES string of the molecule is Nc1cccc(SC2CCc3ccccc3NC2=O)c1. The lowest BCUT2D eigenvalue weighted by Crippen LogP contribution is -2.23. The van der Waals surface area contributed by atoms with Crippen LogP contribution in [0, 0.1) is 0 Å². The van der Waals surface area contributed by atoms with Gasteiger partial charge in [0, 0.05) is 16.3 Å². The summed E-state index contributed by atoms with van der Waals surface area (Å²) >= 11 is 1.58. The Kier molecular flexibility index (Phi) is 3.65. The Balaban J connectivity index is 1.78. The predicted octanol–water partition coefficient (Wildman–Crippen LogP) is 3.31. The van der Waals surface area contributed by atoms with Gasteiger partial charge in [-0.05, 0) is 42.7 Å². The maximum atomic E-state index is 12.3. The van der Waals surface area contributed by atoms with Crippen molar-refractivity contribution in [3.8, 4) is 0 Å². The molecule has 2 aromatic rings. The summed E-state index contributed by atoms with van der Waals surface area (Å²) in [5, 5.41) is 2.94. The fraction of sp³-hybridized carbons (Fsp3) is 0.188. The fourth-order valence-corrected chi connectivity index (χ4v) is 3.45. The summed E-state index contributed by atoms with van der Waals surface area (Å²) in [6.45, 7) is 0. The highest BCUT2D eigenvalue weighted by atomic mass is 32.2. The largest absolute Gasteiger partial charge is 0.399 e.